The van der Waals surface area contributed by atoms with E-state index in [0.717, 1.165) is 0 Å². The van der Waals surface area contributed by atoms with Gasteiger partial charge in [-0.05, 0) is 62.3 Å². The van der Waals surface area contributed by atoms with Crippen LogP contribution in [-0.4, -0.2) is 48.8 Å². The molecule has 39 heavy (non-hydrogen) atoms. The summed E-state index contributed by atoms with van der Waals surface area (Å²) in [4.78, 5) is 27.7. The molecule has 1 heterocycles. The summed E-state index contributed by atoms with van der Waals surface area (Å²) in [5.74, 6) is -2.33. The van der Waals surface area contributed by atoms with E-state index in [1.54, 1.807) is 35.2 Å². The Kier molecular flexibility index (Phi) is 8.75. The van der Waals surface area contributed by atoms with Crippen LogP contribution >= 0.6 is 11.6 Å². The summed E-state index contributed by atoms with van der Waals surface area (Å²) >= 11 is 6.41. The van der Waals surface area contributed by atoms with Crippen LogP contribution in [0.15, 0.2) is 42.5 Å². The van der Waals surface area contributed by atoms with E-state index in [1.807, 2.05) is 6.92 Å². The molecule has 2 fully saturated rings. The minimum absolute atomic E-state index is 0.0702. The Morgan fingerprint density at radius 1 is 1.13 bits per heavy atom. The van der Waals surface area contributed by atoms with Crippen LogP contribution in [0.5, 0.6) is 5.75 Å². The molecule has 6 nitrogen and oxygen atoms in total. The zero-order valence-electron chi connectivity index (χ0n) is 21.7. The number of alkyl halides is 3. The molecule has 5 atom stereocenters. The molecule has 4 rings (SSSR count). The molecule has 2 aromatic rings. The molecule has 1 aliphatic heterocycles. The predicted octanol–water partition coefficient (Wildman–Crippen LogP) is 6.20. The van der Waals surface area contributed by atoms with E-state index in [1.165, 1.54) is 19.2 Å². The van der Waals surface area contributed by atoms with Crippen molar-refractivity contribution in [2.75, 3.05) is 13.7 Å². The molecule has 1 aliphatic carbocycles. The average Bonchev–Trinajstić information content (AvgIpc) is 2.92. The molecule has 1 amide bonds. The SMILES string of the molecule is COc1ccc(C#N)c(CC(=O)N2CC[C@H]3[C@H]([C@H](OC(=O)c4ccccc4)C(F)(F)F)CCC[C@@H]3[C@@H]2C)c1Cl. The lowest BCUT2D eigenvalue weighted by Gasteiger charge is -2.51. The van der Waals surface area contributed by atoms with Crippen LogP contribution in [0, 0.1) is 29.1 Å². The fourth-order valence-corrected chi connectivity index (χ4v) is 6.56. The van der Waals surface area contributed by atoms with Crippen LogP contribution < -0.4 is 4.74 Å². The highest BCUT2D eigenvalue weighted by atomic mass is 35.5. The van der Waals surface area contributed by atoms with Gasteiger partial charge in [-0.2, -0.15) is 18.4 Å². The van der Waals surface area contributed by atoms with Gasteiger partial charge in [0.15, 0.2) is 0 Å². The van der Waals surface area contributed by atoms with Gasteiger partial charge in [-0.3, -0.25) is 4.79 Å². The van der Waals surface area contributed by atoms with Crippen LogP contribution in [0.3, 0.4) is 0 Å². The van der Waals surface area contributed by atoms with Crippen molar-refractivity contribution in [3.05, 3.63) is 64.2 Å². The maximum atomic E-state index is 14.3. The van der Waals surface area contributed by atoms with Gasteiger partial charge in [0.25, 0.3) is 0 Å². The van der Waals surface area contributed by atoms with Gasteiger partial charge in [-0.25, -0.2) is 4.79 Å². The number of amides is 1. The number of fused-ring (bicyclic) bond motifs is 1. The molecule has 2 aliphatic rings. The summed E-state index contributed by atoms with van der Waals surface area (Å²) in [6, 6.07) is 12.5. The fraction of sp³-hybridized carbons (Fsp3) is 0.483. The van der Waals surface area contributed by atoms with E-state index in [9.17, 15) is 28.0 Å². The van der Waals surface area contributed by atoms with Crippen molar-refractivity contribution in [3.63, 3.8) is 0 Å². The smallest absolute Gasteiger partial charge is 0.425 e. The van der Waals surface area contributed by atoms with Gasteiger partial charge in [0.2, 0.25) is 12.0 Å². The minimum atomic E-state index is -4.72. The molecule has 0 bridgehead atoms. The van der Waals surface area contributed by atoms with E-state index >= 15 is 0 Å². The first-order valence-corrected chi connectivity index (χ1v) is 13.3. The van der Waals surface area contributed by atoms with Crippen LogP contribution in [-0.2, 0) is 16.0 Å². The maximum absolute atomic E-state index is 14.3. The summed E-state index contributed by atoms with van der Waals surface area (Å²) in [6.45, 7) is 2.12. The zero-order valence-corrected chi connectivity index (χ0v) is 22.5. The lowest BCUT2D eigenvalue weighted by Crippen LogP contribution is -2.56. The fourth-order valence-electron chi connectivity index (χ4n) is 6.25. The largest absolute Gasteiger partial charge is 0.495 e. The van der Waals surface area contributed by atoms with Gasteiger partial charge in [-0.15, -0.1) is 0 Å². The topological polar surface area (TPSA) is 79.6 Å². The van der Waals surface area contributed by atoms with Gasteiger partial charge in [0.1, 0.15) is 5.75 Å². The van der Waals surface area contributed by atoms with Crippen molar-refractivity contribution in [1.29, 1.82) is 5.26 Å². The lowest BCUT2D eigenvalue weighted by molar-refractivity contribution is -0.233. The van der Waals surface area contributed by atoms with Crippen molar-refractivity contribution in [1.82, 2.24) is 4.90 Å². The van der Waals surface area contributed by atoms with E-state index < -0.39 is 24.2 Å². The molecule has 0 N–H and O–H groups in total. The number of nitriles is 1. The number of piperidine rings is 1. The molecule has 1 saturated heterocycles. The first-order valence-electron chi connectivity index (χ1n) is 12.9. The second-order valence-corrected chi connectivity index (χ2v) is 10.5. The van der Waals surface area contributed by atoms with Crippen molar-refractivity contribution in [2.45, 2.75) is 57.3 Å². The second kappa shape index (κ2) is 11.9. The number of carbonyl (C=O) groups excluding carboxylic acids is 2. The quantitative estimate of drug-likeness (QED) is 0.391. The summed E-state index contributed by atoms with van der Waals surface area (Å²) in [5.41, 5.74) is 0.702. The number of rotatable bonds is 6. The first-order chi connectivity index (χ1) is 18.6. The molecule has 10 heteroatoms. The number of nitrogens with zero attached hydrogens (tertiary/aromatic N) is 2. The number of hydrogen-bond acceptors (Lipinski definition) is 5. The molecule has 2 aromatic carbocycles. The number of likely N-dealkylation sites (tertiary alicyclic amines) is 1. The van der Waals surface area contributed by atoms with Crippen molar-refractivity contribution < 1.29 is 32.2 Å². The zero-order chi connectivity index (χ0) is 28.3. The minimum Gasteiger partial charge on any atom is -0.495 e. The number of esters is 1. The molecule has 1 saturated carbocycles. The highest BCUT2D eigenvalue weighted by Crippen LogP contribution is 2.48. The Morgan fingerprint density at radius 3 is 2.49 bits per heavy atom. The van der Waals surface area contributed by atoms with Gasteiger partial charge in [0, 0.05) is 24.1 Å². The molecule has 0 radical (unpaired) electrons. The summed E-state index contributed by atoms with van der Waals surface area (Å²) < 4.78 is 53.2. The van der Waals surface area contributed by atoms with Gasteiger partial charge in [0.05, 0.1) is 35.7 Å². The number of ether oxygens (including phenoxy) is 2. The Labute approximate surface area is 230 Å². The number of carbonyl (C=O) groups is 2. The summed E-state index contributed by atoms with van der Waals surface area (Å²) in [5, 5.41) is 9.71. The van der Waals surface area contributed by atoms with E-state index in [4.69, 9.17) is 21.1 Å². The van der Waals surface area contributed by atoms with Crippen LogP contribution in [0.1, 0.15) is 54.1 Å². The lowest BCUT2D eigenvalue weighted by atomic mass is 9.64. The summed E-state index contributed by atoms with van der Waals surface area (Å²) in [6.07, 6.45) is -5.20. The Hall–Kier alpha value is -3.25. The van der Waals surface area contributed by atoms with Gasteiger partial charge < -0.3 is 14.4 Å². The average molecular weight is 563 g/mol. The Morgan fingerprint density at radius 2 is 1.85 bits per heavy atom. The number of benzene rings is 2. The number of hydrogen-bond donors (Lipinski definition) is 0. The molecular formula is C29H30ClF3N2O4. The van der Waals surface area contributed by atoms with Gasteiger partial charge >= 0.3 is 12.1 Å². The van der Waals surface area contributed by atoms with Crippen molar-refractivity contribution in [3.8, 4) is 11.8 Å². The van der Waals surface area contributed by atoms with E-state index in [2.05, 4.69) is 6.07 Å². The second-order valence-electron chi connectivity index (χ2n) is 10.2. The number of halogens is 4. The van der Waals surface area contributed by atoms with Crippen LogP contribution in [0.25, 0.3) is 0 Å². The normalized spacial score (nSPS) is 23.8. The Bertz CT molecular complexity index is 1250. The van der Waals surface area contributed by atoms with Crippen molar-refractivity contribution >= 4 is 23.5 Å². The maximum Gasteiger partial charge on any atom is 0.425 e. The standard InChI is InChI=1S/C29H30ClF3N2O4/c1-17-20-9-6-10-22(27(29(31,32)33)39-28(37)18-7-4-3-5-8-18)21(20)13-14-35(17)25(36)15-23-19(16-34)11-12-24(38-2)26(23)30/h3-5,7-8,11-12,17,20-22,27H,6,9-10,13-15H2,1-2H3/t17-,20+,21+,22+,27-/m0/s1. The highest BCUT2D eigenvalue weighted by Gasteiger charge is 2.54. The highest BCUT2D eigenvalue weighted by molar-refractivity contribution is 6.33. The predicted molar refractivity (Wildman–Crippen MR) is 138 cm³/mol. The molecule has 0 unspecified atom stereocenters. The monoisotopic (exact) mass is 562 g/mol. The Balaban J connectivity index is 1.53. The van der Waals surface area contributed by atoms with E-state index in [0.29, 0.717) is 37.0 Å². The van der Waals surface area contributed by atoms with Crippen LogP contribution in [0.2, 0.25) is 5.02 Å². The molecule has 208 valence electrons. The van der Waals surface area contributed by atoms with Crippen LogP contribution in [0.4, 0.5) is 13.2 Å². The molecular weight excluding hydrogens is 533 g/mol. The third-order valence-corrected chi connectivity index (χ3v) is 8.56. The van der Waals surface area contributed by atoms with Gasteiger partial charge in [-0.1, -0.05) is 36.2 Å². The summed E-state index contributed by atoms with van der Waals surface area (Å²) in [7, 11) is 1.44. The third kappa shape index (κ3) is 6.01. The molecule has 0 aromatic heterocycles. The number of methoxy groups -OCH3 is 1. The van der Waals surface area contributed by atoms with Crippen molar-refractivity contribution in [2.24, 2.45) is 17.8 Å². The van der Waals surface area contributed by atoms with E-state index in [-0.39, 0.29) is 52.9 Å². The molecule has 0 spiro atoms. The third-order valence-electron chi connectivity index (χ3n) is 8.14. The first kappa shape index (κ1) is 28.8.